The molecule has 1 aliphatic heterocycles. The van der Waals surface area contributed by atoms with Gasteiger partial charge in [0.25, 0.3) is 0 Å². The average Bonchev–Trinajstić information content (AvgIpc) is 2.83. The Hall–Kier alpha value is -1.93. The van der Waals surface area contributed by atoms with E-state index in [0.29, 0.717) is 29.3 Å². The van der Waals surface area contributed by atoms with Gasteiger partial charge in [0.05, 0.1) is 43.2 Å². The van der Waals surface area contributed by atoms with Crippen molar-refractivity contribution in [1.82, 2.24) is 24.3 Å². The fraction of sp³-hybridized carbons (Fsp3) is 0.231. The highest BCUT2D eigenvalue weighted by atomic mass is 79.9. The summed E-state index contributed by atoms with van der Waals surface area (Å²) in [5, 5.41) is 0. The Morgan fingerprint density at radius 1 is 1.19 bits per heavy atom. The molecule has 0 saturated carbocycles. The maximum atomic E-state index is 14.0. The van der Waals surface area contributed by atoms with Gasteiger partial charge in [0, 0.05) is 12.1 Å². The Labute approximate surface area is 127 Å². The number of aromatic nitrogens is 5. The summed E-state index contributed by atoms with van der Waals surface area (Å²) in [6.07, 6.45) is 6.25. The molecule has 0 atom stereocenters. The summed E-state index contributed by atoms with van der Waals surface area (Å²) >= 11 is 3.16. The quantitative estimate of drug-likeness (QED) is 0.663. The number of rotatable bonds is 2. The Morgan fingerprint density at radius 3 is 2.81 bits per heavy atom. The van der Waals surface area contributed by atoms with Crippen molar-refractivity contribution < 1.29 is 9.13 Å². The van der Waals surface area contributed by atoms with E-state index >= 15 is 0 Å². The zero-order valence-electron chi connectivity index (χ0n) is 10.7. The zero-order chi connectivity index (χ0) is 14.4. The van der Waals surface area contributed by atoms with Gasteiger partial charge >= 0.3 is 0 Å². The lowest BCUT2D eigenvalue weighted by Gasteiger charge is -2.25. The van der Waals surface area contributed by atoms with Crippen molar-refractivity contribution in [1.29, 1.82) is 0 Å². The van der Waals surface area contributed by atoms with Crippen LogP contribution in [-0.4, -0.2) is 37.6 Å². The van der Waals surface area contributed by atoms with Crippen LogP contribution in [0.25, 0.3) is 17.0 Å². The van der Waals surface area contributed by atoms with Gasteiger partial charge < -0.3 is 4.74 Å². The van der Waals surface area contributed by atoms with Crippen molar-refractivity contribution in [2.24, 2.45) is 0 Å². The summed E-state index contributed by atoms with van der Waals surface area (Å²) in [5.74, 6) is -0.211. The van der Waals surface area contributed by atoms with E-state index in [4.69, 9.17) is 4.74 Å². The molecular formula is C13H9BrFN5O. The second-order valence-electron chi connectivity index (χ2n) is 4.75. The summed E-state index contributed by atoms with van der Waals surface area (Å²) in [6, 6.07) is 0. The van der Waals surface area contributed by atoms with Gasteiger partial charge in [0.2, 0.25) is 0 Å². The second kappa shape index (κ2) is 4.81. The predicted octanol–water partition coefficient (Wildman–Crippen LogP) is 2.20. The molecule has 0 radical (unpaired) electrons. The first-order valence-electron chi connectivity index (χ1n) is 6.31. The molecule has 0 N–H and O–H groups in total. The number of imidazole rings is 1. The van der Waals surface area contributed by atoms with Crippen LogP contribution in [0.3, 0.4) is 0 Å². The minimum absolute atomic E-state index is 0.200. The smallest absolute Gasteiger partial charge is 0.197 e. The van der Waals surface area contributed by atoms with Crippen LogP contribution in [-0.2, 0) is 4.74 Å². The number of halogens is 2. The van der Waals surface area contributed by atoms with Gasteiger partial charge in [0.1, 0.15) is 5.69 Å². The monoisotopic (exact) mass is 349 g/mol. The molecule has 1 aliphatic rings. The molecule has 106 valence electrons. The van der Waals surface area contributed by atoms with E-state index in [1.807, 2.05) is 6.20 Å². The first-order chi connectivity index (χ1) is 10.2. The fourth-order valence-electron chi connectivity index (χ4n) is 2.22. The van der Waals surface area contributed by atoms with Gasteiger partial charge in [-0.3, -0.25) is 9.38 Å². The zero-order valence-corrected chi connectivity index (χ0v) is 12.3. The van der Waals surface area contributed by atoms with E-state index < -0.39 is 5.82 Å². The number of fused-ring (bicyclic) bond motifs is 1. The van der Waals surface area contributed by atoms with Crippen molar-refractivity contribution in [3.8, 4) is 11.4 Å². The lowest BCUT2D eigenvalue weighted by molar-refractivity contribution is 0.00654. The SMILES string of the molecule is Fc1cnc(Br)nc1-c1cnc2cnc(C3COC3)cn12. The molecule has 0 aromatic carbocycles. The van der Waals surface area contributed by atoms with Crippen molar-refractivity contribution in [3.05, 3.63) is 41.0 Å². The van der Waals surface area contributed by atoms with Crippen molar-refractivity contribution in [2.75, 3.05) is 13.2 Å². The number of hydrogen-bond acceptors (Lipinski definition) is 5. The van der Waals surface area contributed by atoms with Crippen LogP contribution in [0.15, 0.2) is 29.5 Å². The van der Waals surface area contributed by atoms with E-state index in [2.05, 4.69) is 35.9 Å². The van der Waals surface area contributed by atoms with Gasteiger partial charge in [0.15, 0.2) is 16.2 Å². The Balaban J connectivity index is 1.89. The average molecular weight is 350 g/mol. The van der Waals surface area contributed by atoms with E-state index in [1.165, 1.54) is 0 Å². The predicted molar refractivity (Wildman–Crippen MR) is 75.2 cm³/mol. The highest BCUT2D eigenvalue weighted by molar-refractivity contribution is 9.10. The minimum atomic E-state index is -0.495. The summed E-state index contributed by atoms with van der Waals surface area (Å²) < 4.78 is 21.3. The molecule has 8 heteroatoms. The first-order valence-corrected chi connectivity index (χ1v) is 7.11. The van der Waals surface area contributed by atoms with Crippen LogP contribution in [0.2, 0.25) is 0 Å². The van der Waals surface area contributed by atoms with Gasteiger partial charge in [-0.15, -0.1) is 0 Å². The van der Waals surface area contributed by atoms with E-state index in [0.717, 1.165) is 11.9 Å². The first kappa shape index (κ1) is 12.8. The van der Waals surface area contributed by atoms with Gasteiger partial charge in [-0.05, 0) is 15.9 Å². The molecule has 0 bridgehead atoms. The minimum Gasteiger partial charge on any atom is -0.380 e. The standard InChI is InChI=1S/C13H9BrFN5O/c14-13-18-1-8(15)12(19-13)10-2-17-11-3-16-9(4-20(10)11)7-5-21-6-7/h1-4,7H,5-6H2. The molecule has 4 rings (SSSR count). The van der Waals surface area contributed by atoms with Crippen molar-refractivity contribution in [2.45, 2.75) is 5.92 Å². The molecule has 3 aromatic rings. The maximum absolute atomic E-state index is 14.0. The topological polar surface area (TPSA) is 65.2 Å². The number of hydrogen-bond donors (Lipinski definition) is 0. The van der Waals surface area contributed by atoms with Crippen molar-refractivity contribution in [3.63, 3.8) is 0 Å². The third-order valence-corrected chi connectivity index (χ3v) is 3.81. The van der Waals surface area contributed by atoms with Crippen molar-refractivity contribution >= 4 is 21.6 Å². The van der Waals surface area contributed by atoms with Gasteiger partial charge in [-0.25, -0.2) is 19.3 Å². The number of ether oxygens (including phenoxy) is 1. The summed E-state index contributed by atoms with van der Waals surface area (Å²) in [4.78, 5) is 16.5. The third-order valence-electron chi connectivity index (χ3n) is 3.43. The lowest BCUT2D eigenvalue weighted by Crippen LogP contribution is -2.26. The molecule has 6 nitrogen and oxygen atoms in total. The highest BCUT2D eigenvalue weighted by Crippen LogP contribution is 2.26. The second-order valence-corrected chi connectivity index (χ2v) is 5.46. The van der Waals surface area contributed by atoms with Crippen LogP contribution in [0.5, 0.6) is 0 Å². The van der Waals surface area contributed by atoms with Crippen LogP contribution >= 0.6 is 15.9 Å². The van der Waals surface area contributed by atoms with E-state index in [1.54, 1.807) is 16.8 Å². The molecule has 1 fully saturated rings. The molecule has 3 aromatic heterocycles. The molecule has 1 saturated heterocycles. The molecule has 0 spiro atoms. The van der Waals surface area contributed by atoms with Crippen LogP contribution in [0.1, 0.15) is 11.6 Å². The molecular weight excluding hydrogens is 341 g/mol. The molecule has 21 heavy (non-hydrogen) atoms. The molecule has 0 amide bonds. The fourth-order valence-corrected chi connectivity index (χ4v) is 2.50. The van der Waals surface area contributed by atoms with Gasteiger partial charge in [-0.1, -0.05) is 0 Å². The van der Waals surface area contributed by atoms with Crippen LogP contribution in [0.4, 0.5) is 4.39 Å². The summed E-state index contributed by atoms with van der Waals surface area (Å²) in [5.41, 5.74) is 2.31. The molecule has 0 unspecified atom stereocenters. The van der Waals surface area contributed by atoms with Crippen LogP contribution in [0, 0.1) is 5.82 Å². The Morgan fingerprint density at radius 2 is 2.05 bits per heavy atom. The largest absolute Gasteiger partial charge is 0.380 e. The Kier molecular flexibility index (Phi) is 2.93. The lowest BCUT2D eigenvalue weighted by atomic mass is 10.1. The summed E-state index contributed by atoms with van der Waals surface area (Å²) in [6.45, 7) is 1.33. The number of nitrogens with zero attached hydrogens (tertiary/aromatic N) is 5. The van der Waals surface area contributed by atoms with E-state index in [-0.39, 0.29) is 11.6 Å². The van der Waals surface area contributed by atoms with Gasteiger partial charge in [-0.2, -0.15) is 0 Å². The highest BCUT2D eigenvalue weighted by Gasteiger charge is 2.23. The van der Waals surface area contributed by atoms with E-state index in [9.17, 15) is 4.39 Å². The molecule has 4 heterocycles. The van der Waals surface area contributed by atoms with Crippen LogP contribution < -0.4 is 0 Å². The maximum Gasteiger partial charge on any atom is 0.197 e. The third kappa shape index (κ3) is 2.11. The normalized spacial score (nSPS) is 15.3. The molecule has 0 aliphatic carbocycles. The summed E-state index contributed by atoms with van der Waals surface area (Å²) in [7, 11) is 0. The Bertz CT molecular complexity index is 833.